The second-order valence-corrected chi connectivity index (χ2v) is 11.4. The summed E-state index contributed by atoms with van der Waals surface area (Å²) in [5.74, 6) is -2.78. The van der Waals surface area contributed by atoms with Gasteiger partial charge in [0.05, 0.1) is 30.7 Å². The fraction of sp³-hybridized carbons (Fsp3) is 0.321. The van der Waals surface area contributed by atoms with Crippen LogP contribution in [0.25, 0.3) is 10.4 Å². The Morgan fingerprint density at radius 2 is 1.63 bits per heavy atom. The molecule has 0 saturated heterocycles. The number of anilines is 1. The molecule has 0 aliphatic rings. The Labute approximate surface area is 258 Å². The Balaban J connectivity index is 2.22. The summed E-state index contributed by atoms with van der Waals surface area (Å²) in [7, 11) is 1.11. The normalized spacial score (nSPS) is 11.1. The Hall–Kier alpha value is -4.11. The van der Waals surface area contributed by atoms with Gasteiger partial charge < -0.3 is 14.3 Å². The number of esters is 1. The summed E-state index contributed by atoms with van der Waals surface area (Å²) in [5, 5.41) is 11.7. The maximum atomic E-state index is 14.8. The zero-order chi connectivity index (χ0) is 32.1. The third-order valence-corrected chi connectivity index (χ3v) is 7.52. The fourth-order valence-corrected chi connectivity index (χ4v) is 5.79. The van der Waals surface area contributed by atoms with E-state index < -0.39 is 52.4 Å². The first-order valence-electron chi connectivity index (χ1n) is 12.7. The molecule has 0 atom stereocenters. The SMILES string of the molecule is CCOC(=O)c1c(N(Cc2c(F)cccc2F)C(=O)ON(C)C(=O)OC(C)(C)C)sc(-c2ccc([N+](=O)[O-])cc2)c1CBr. The van der Waals surface area contributed by atoms with Crippen LogP contribution >= 0.6 is 27.3 Å². The highest BCUT2D eigenvalue weighted by molar-refractivity contribution is 9.08. The van der Waals surface area contributed by atoms with Gasteiger partial charge in [-0.1, -0.05) is 22.0 Å². The molecule has 3 rings (SSSR count). The minimum atomic E-state index is -1.26. The lowest BCUT2D eigenvalue weighted by molar-refractivity contribution is -0.384. The number of hydrogen-bond acceptors (Lipinski definition) is 9. The minimum Gasteiger partial charge on any atom is -0.462 e. The van der Waals surface area contributed by atoms with E-state index in [-0.39, 0.29) is 28.2 Å². The van der Waals surface area contributed by atoms with Crippen LogP contribution in [-0.4, -0.2) is 47.4 Å². The van der Waals surface area contributed by atoms with Gasteiger partial charge in [-0.25, -0.2) is 23.2 Å². The molecule has 0 unspecified atom stereocenters. The van der Waals surface area contributed by atoms with Crippen LogP contribution in [0.4, 0.5) is 29.1 Å². The number of non-ortho nitro benzene ring substituents is 1. The highest BCUT2D eigenvalue weighted by atomic mass is 79.9. The van der Waals surface area contributed by atoms with Crippen molar-refractivity contribution in [1.82, 2.24) is 5.06 Å². The van der Waals surface area contributed by atoms with E-state index in [1.807, 2.05) is 0 Å². The summed E-state index contributed by atoms with van der Waals surface area (Å²) >= 11 is 4.25. The Kier molecular flexibility index (Phi) is 10.8. The molecular weight excluding hydrogens is 656 g/mol. The number of alkyl halides is 1. The van der Waals surface area contributed by atoms with E-state index in [1.165, 1.54) is 24.3 Å². The van der Waals surface area contributed by atoms with Gasteiger partial charge in [0.1, 0.15) is 22.2 Å². The molecule has 230 valence electrons. The predicted octanol–water partition coefficient (Wildman–Crippen LogP) is 7.60. The molecule has 11 nitrogen and oxygen atoms in total. The molecule has 1 aromatic heterocycles. The van der Waals surface area contributed by atoms with Crippen LogP contribution in [0, 0.1) is 21.7 Å². The highest BCUT2D eigenvalue weighted by Crippen LogP contribution is 2.45. The van der Waals surface area contributed by atoms with Crippen LogP contribution in [0.1, 0.15) is 49.2 Å². The van der Waals surface area contributed by atoms with Crippen molar-refractivity contribution in [3.63, 3.8) is 0 Å². The molecule has 0 spiro atoms. The maximum absolute atomic E-state index is 14.8. The summed E-state index contributed by atoms with van der Waals surface area (Å²) in [6.07, 6.45) is -2.29. The van der Waals surface area contributed by atoms with Crippen molar-refractivity contribution < 1.29 is 42.4 Å². The van der Waals surface area contributed by atoms with Crippen molar-refractivity contribution in [3.8, 4) is 10.4 Å². The van der Waals surface area contributed by atoms with E-state index in [2.05, 4.69) is 15.9 Å². The molecule has 2 amide bonds. The van der Waals surface area contributed by atoms with Crippen molar-refractivity contribution in [2.45, 2.75) is 45.2 Å². The number of hydroxylamine groups is 2. The van der Waals surface area contributed by atoms with Gasteiger partial charge in [-0.2, -0.15) is 0 Å². The van der Waals surface area contributed by atoms with Gasteiger partial charge in [0.2, 0.25) is 0 Å². The van der Waals surface area contributed by atoms with Crippen LogP contribution in [0.2, 0.25) is 0 Å². The van der Waals surface area contributed by atoms with Crippen LogP contribution in [0.3, 0.4) is 0 Å². The van der Waals surface area contributed by atoms with E-state index in [0.29, 0.717) is 21.1 Å². The van der Waals surface area contributed by atoms with E-state index >= 15 is 0 Å². The molecule has 2 aromatic carbocycles. The number of nitro benzene ring substituents is 1. The fourth-order valence-electron chi connectivity index (χ4n) is 3.74. The van der Waals surface area contributed by atoms with Gasteiger partial charge in [-0.3, -0.25) is 15.0 Å². The molecule has 0 saturated carbocycles. The van der Waals surface area contributed by atoms with Gasteiger partial charge in [0.15, 0.2) is 0 Å². The predicted molar refractivity (Wildman–Crippen MR) is 158 cm³/mol. The summed E-state index contributed by atoms with van der Waals surface area (Å²) in [5.41, 5.74) is -0.913. The Bertz CT molecular complexity index is 1510. The molecular formula is C28H28BrF2N3O8S. The number of ether oxygens (including phenoxy) is 2. The molecule has 1 heterocycles. The minimum absolute atomic E-state index is 0.0313. The zero-order valence-corrected chi connectivity index (χ0v) is 26.2. The van der Waals surface area contributed by atoms with Gasteiger partial charge in [-0.05, 0) is 63.1 Å². The molecule has 0 N–H and O–H groups in total. The number of thiophene rings is 1. The average Bonchev–Trinajstić information content (AvgIpc) is 3.31. The average molecular weight is 685 g/mol. The van der Waals surface area contributed by atoms with Crippen LogP contribution < -0.4 is 4.90 Å². The van der Waals surface area contributed by atoms with E-state index in [0.717, 1.165) is 41.5 Å². The summed E-state index contributed by atoms with van der Waals surface area (Å²) in [6.45, 7) is 5.61. The summed E-state index contributed by atoms with van der Waals surface area (Å²) in [6, 6.07) is 8.62. The van der Waals surface area contributed by atoms with Crippen molar-refractivity contribution >= 4 is 56.1 Å². The number of hydrogen-bond donors (Lipinski definition) is 0. The second-order valence-electron chi connectivity index (χ2n) is 9.87. The largest absolute Gasteiger partial charge is 0.462 e. The molecule has 15 heteroatoms. The monoisotopic (exact) mass is 683 g/mol. The van der Waals surface area contributed by atoms with Crippen molar-refractivity contribution in [2.75, 3.05) is 18.6 Å². The van der Waals surface area contributed by atoms with E-state index in [1.54, 1.807) is 27.7 Å². The molecule has 3 aromatic rings. The molecule has 0 aliphatic carbocycles. The highest BCUT2D eigenvalue weighted by Gasteiger charge is 2.34. The lowest BCUT2D eigenvalue weighted by atomic mass is 10.1. The van der Waals surface area contributed by atoms with Gasteiger partial charge >= 0.3 is 18.2 Å². The molecule has 0 bridgehead atoms. The van der Waals surface area contributed by atoms with Crippen LogP contribution in [0.15, 0.2) is 42.5 Å². The quantitative estimate of drug-likeness (QED) is 0.103. The lowest BCUT2D eigenvalue weighted by Crippen LogP contribution is -2.41. The molecule has 0 radical (unpaired) electrons. The lowest BCUT2D eigenvalue weighted by Gasteiger charge is -2.27. The standard InChI is InChI=1S/C28H28BrF2N3O8S/c1-6-40-25(35)22-18(14-29)23(16-10-12-17(13-11-16)34(38)39)43-24(22)33(15-19-20(30)8-7-9-21(19)31)27(37)42-32(5)26(36)41-28(2,3)4/h7-13H,6,14-15H2,1-5H3. The third kappa shape index (κ3) is 8.04. The molecule has 0 aliphatic heterocycles. The topological polar surface area (TPSA) is 129 Å². The zero-order valence-electron chi connectivity index (χ0n) is 23.8. The van der Waals surface area contributed by atoms with Crippen molar-refractivity contribution in [2.24, 2.45) is 0 Å². The number of nitrogens with zero attached hydrogens (tertiary/aromatic N) is 3. The van der Waals surface area contributed by atoms with E-state index in [4.69, 9.17) is 14.3 Å². The van der Waals surface area contributed by atoms with Crippen LogP contribution in [-0.2, 0) is 26.2 Å². The van der Waals surface area contributed by atoms with Gasteiger partial charge in [-0.15, -0.1) is 16.4 Å². The number of benzene rings is 2. The Morgan fingerprint density at radius 1 is 1.02 bits per heavy atom. The second kappa shape index (κ2) is 13.9. The van der Waals surface area contributed by atoms with Crippen LogP contribution in [0.5, 0.6) is 0 Å². The number of carbonyl (C=O) groups excluding carboxylic acids is 3. The molecule has 0 fully saturated rings. The first kappa shape index (κ1) is 33.4. The van der Waals surface area contributed by atoms with E-state index in [9.17, 15) is 33.3 Å². The van der Waals surface area contributed by atoms with Gasteiger partial charge in [0.25, 0.3) is 5.69 Å². The number of nitro groups is 1. The number of amides is 2. The Morgan fingerprint density at radius 3 is 2.14 bits per heavy atom. The summed E-state index contributed by atoms with van der Waals surface area (Å²) < 4.78 is 40.1. The number of halogens is 3. The molecule has 43 heavy (non-hydrogen) atoms. The summed E-state index contributed by atoms with van der Waals surface area (Å²) in [4.78, 5) is 56.5. The third-order valence-electron chi connectivity index (χ3n) is 5.65. The first-order valence-corrected chi connectivity index (χ1v) is 14.6. The van der Waals surface area contributed by atoms with Crippen molar-refractivity contribution in [3.05, 3.63) is 80.9 Å². The first-order chi connectivity index (χ1) is 20.2. The van der Waals surface area contributed by atoms with Crippen molar-refractivity contribution in [1.29, 1.82) is 0 Å². The number of rotatable bonds is 8. The number of carbonyl (C=O) groups is 3. The van der Waals surface area contributed by atoms with Gasteiger partial charge in [0, 0.05) is 27.9 Å². The maximum Gasteiger partial charge on any atom is 0.443 e. The smallest absolute Gasteiger partial charge is 0.443 e.